The third kappa shape index (κ3) is 5.93. The Kier molecular flexibility index (Phi) is 7.71. The molecule has 1 aromatic carbocycles. The minimum Gasteiger partial charge on any atom is -0.373 e. The van der Waals surface area contributed by atoms with Gasteiger partial charge in [-0.2, -0.15) is 0 Å². The molecule has 156 valence electrons. The van der Waals surface area contributed by atoms with Gasteiger partial charge in [-0.05, 0) is 37.4 Å². The number of likely N-dealkylation sites (N-methyl/N-ethyl adjacent to an activating group) is 1. The lowest BCUT2D eigenvalue weighted by atomic mass is 10.0. The van der Waals surface area contributed by atoms with Crippen LogP contribution < -0.4 is 10.6 Å². The van der Waals surface area contributed by atoms with E-state index in [-0.39, 0.29) is 5.60 Å². The molecular formula is C22H37N5O. The average Bonchev–Trinajstić information content (AvgIpc) is 3.16. The standard InChI is InChI=1S/C22H37N5O/c1-4-26-11-13-27(14-12-26)17-20-9-6-5-8-19(20)16-24-21(23-3)25-18-22(2)10-7-15-28-22/h5-6,8-9H,4,7,10-18H2,1-3H3,(H2,23,24,25). The Balaban J connectivity index is 1.51. The lowest BCUT2D eigenvalue weighted by Gasteiger charge is -2.34. The maximum atomic E-state index is 5.86. The summed E-state index contributed by atoms with van der Waals surface area (Å²) in [6.45, 7) is 13.7. The van der Waals surface area contributed by atoms with Gasteiger partial charge in [0, 0.05) is 59.5 Å². The molecule has 0 saturated carbocycles. The number of nitrogens with zero attached hydrogens (tertiary/aromatic N) is 3. The van der Waals surface area contributed by atoms with Gasteiger partial charge in [0.15, 0.2) is 5.96 Å². The third-order valence-electron chi connectivity index (χ3n) is 6.02. The fourth-order valence-electron chi connectivity index (χ4n) is 4.04. The van der Waals surface area contributed by atoms with E-state index in [0.29, 0.717) is 0 Å². The number of hydrogen-bond donors (Lipinski definition) is 2. The number of rotatable bonds is 7. The summed E-state index contributed by atoms with van der Waals surface area (Å²) in [5.41, 5.74) is 2.67. The second-order valence-electron chi connectivity index (χ2n) is 8.16. The minimum absolute atomic E-state index is 0.0733. The molecular weight excluding hydrogens is 350 g/mol. The highest BCUT2D eigenvalue weighted by molar-refractivity contribution is 5.79. The number of aliphatic imine (C=N–C) groups is 1. The summed E-state index contributed by atoms with van der Waals surface area (Å²) >= 11 is 0. The number of benzene rings is 1. The molecule has 0 aliphatic carbocycles. The molecule has 2 fully saturated rings. The first-order valence-corrected chi connectivity index (χ1v) is 10.7. The Morgan fingerprint density at radius 3 is 2.46 bits per heavy atom. The molecule has 0 bridgehead atoms. The van der Waals surface area contributed by atoms with Gasteiger partial charge in [0.25, 0.3) is 0 Å². The summed E-state index contributed by atoms with van der Waals surface area (Å²) in [6.07, 6.45) is 2.25. The van der Waals surface area contributed by atoms with Crippen molar-refractivity contribution in [3.05, 3.63) is 35.4 Å². The lowest BCUT2D eigenvalue weighted by Crippen LogP contribution is -2.46. The molecule has 6 heteroatoms. The zero-order chi connectivity index (χ0) is 19.8. The monoisotopic (exact) mass is 387 g/mol. The molecule has 3 rings (SSSR count). The van der Waals surface area contributed by atoms with Crippen molar-refractivity contribution >= 4 is 5.96 Å². The van der Waals surface area contributed by atoms with Crippen LogP contribution in [0, 0.1) is 0 Å². The van der Waals surface area contributed by atoms with E-state index in [0.717, 1.165) is 64.7 Å². The Hall–Kier alpha value is -1.63. The predicted molar refractivity (Wildman–Crippen MR) is 116 cm³/mol. The van der Waals surface area contributed by atoms with Crippen LogP contribution in [0.5, 0.6) is 0 Å². The van der Waals surface area contributed by atoms with Crippen molar-refractivity contribution in [1.82, 2.24) is 20.4 Å². The summed E-state index contributed by atoms with van der Waals surface area (Å²) in [4.78, 5) is 9.47. The first-order chi connectivity index (χ1) is 13.6. The molecule has 6 nitrogen and oxygen atoms in total. The van der Waals surface area contributed by atoms with Crippen LogP contribution in [0.3, 0.4) is 0 Å². The minimum atomic E-state index is -0.0733. The van der Waals surface area contributed by atoms with Gasteiger partial charge in [-0.15, -0.1) is 0 Å². The molecule has 2 N–H and O–H groups in total. The lowest BCUT2D eigenvalue weighted by molar-refractivity contribution is 0.0243. The molecule has 2 aliphatic heterocycles. The number of nitrogens with one attached hydrogen (secondary N) is 2. The largest absolute Gasteiger partial charge is 0.373 e. The average molecular weight is 388 g/mol. The first kappa shape index (κ1) is 21.1. The second-order valence-corrected chi connectivity index (χ2v) is 8.16. The van der Waals surface area contributed by atoms with Crippen LogP contribution >= 0.6 is 0 Å². The summed E-state index contributed by atoms with van der Waals surface area (Å²) in [7, 11) is 1.83. The highest BCUT2D eigenvalue weighted by atomic mass is 16.5. The molecule has 0 aromatic heterocycles. The van der Waals surface area contributed by atoms with E-state index < -0.39 is 0 Å². The normalized spacial score (nSPS) is 24.5. The fraction of sp³-hybridized carbons (Fsp3) is 0.682. The maximum absolute atomic E-state index is 5.86. The van der Waals surface area contributed by atoms with Gasteiger partial charge in [-0.25, -0.2) is 0 Å². The molecule has 1 atom stereocenters. The molecule has 28 heavy (non-hydrogen) atoms. The van der Waals surface area contributed by atoms with E-state index in [4.69, 9.17) is 4.74 Å². The SMILES string of the molecule is CCN1CCN(Cc2ccccc2CNC(=NC)NCC2(C)CCCO2)CC1. The Bertz CT molecular complexity index is 634. The maximum Gasteiger partial charge on any atom is 0.191 e. The van der Waals surface area contributed by atoms with Crippen molar-refractivity contribution in [1.29, 1.82) is 0 Å². The van der Waals surface area contributed by atoms with Gasteiger partial charge in [0.05, 0.1) is 5.60 Å². The number of ether oxygens (including phenoxy) is 1. The van der Waals surface area contributed by atoms with E-state index in [9.17, 15) is 0 Å². The van der Waals surface area contributed by atoms with Crippen molar-refractivity contribution in [3.63, 3.8) is 0 Å². The molecule has 2 heterocycles. The number of guanidine groups is 1. The van der Waals surface area contributed by atoms with E-state index in [1.807, 2.05) is 7.05 Å². The molecule has 1 aromatic rings. The zero-order valence-corrected chi connectivity index (χ0v) is 17.8. The van der Waals surface area contributed by atoms with E-state index >= 15 is 0 Å². The molecule has 0 radical (unpaired) electrons. The van der Waals surface area contributed by atoms with Crippen molar-refractivity contribution in [2.45, 2.75) is 45.4 Å². The van der Waals surface area contributed by atoms with Gasteiger partial charge in [-0.1, -0.05) is 31.2 Å². The first-order valence-electron chi connectivity index (χ1n) is 10.7. The Morgan fingerprint density at radius 1 is 1.11 bits per heavy atom. The van der Waals surface area contributed by atoms with Gasteiger partial charge in [-0.3, -0.25) is 9.89 Å². The van der Waals surface area contributed by atoms with E-state index in [2.05, 4.69) is 63.5 Å². The van der Waals surface area contributed by atoms with E-state index in [1.165, 1.54) is 24.2 Å². The van der Waals surface area contributed by atoms with Crippen LogP contribution in [0.1, 0.15) is 37.8 Å². The summed E-state index contributed by atoms with van der Waals surface area (Å²) in [5.74, 6) is 0.836. The predicted octanol–water partition coefficient (Wildman–Crippen LogP) is 2.06. The molecule has 2 aliphatic rings. The molecule has 0 amide bonds. The smallest absolute Gasteiger partial charge is 0.191 e. The quantitative estimate of drug-likeness (QED) is 0.554. The summed E-state index contributed by atoms with van der Waals surface area (Å²) in [6, 6.07) is 8.75. The van der Waals surface area contributed by atoms with Gasteiger partial charge < -0.3 is 20.3 Å². The highest BCUT2D eigenvalue weighted by Crippen LogP contribution is 2.23. The van der Waals surface area contributed by atoms with Crippen LogP contribution in [0.4, 0.5) is 0 Å². The van der Waals surface area contributed by atoms with Gasteiger partial charge >= 0.3 is 0 Å². The van der Waals surface area contributed by atoms with Crippen molar-refractivity contribution in [3.8, 4) is 0 Å². The van der Waals surface area contributed by atoms with Crippen molar-refractivity contribution in [2.75, 3.05) is 52.9 Å². The fourth-order valence-corrected chi connectivity index (χ4v) is 4.04. The van der Waals surface area contributed by atoms with Crippen LogP contribution in [0.15, 0.2) is 29.3 Å². The summed E-state index contributed by atoms with van der Waals surface area (Å²) in [5, 5.41) is 6.91. The highest BCUT2D eigenvalue weighted by Gasteiger charge is 2.29. The van der Waals surface area contributed by atoms with Crippen LogP contribution in [-0.4, -0.2) is 74.3 Å². The van der Waals surface area contributed by atoms with Crippen LogP contribution in [-0.2, 0) is 17.8 Å². The Morgan fingerprint density at radius 2 is 1.82 bits per heavy atom. The molecule has 0 spiro atoms. The summed E-state index contributed by atoms with van der Waals surface area (Å²) < 4.78 is 5.86. The second kappa shape index (κ2) is 10.2. The number of hydrogen-bond acceptors (Lipinski definition) is 4. The third-order valence-corrected chi connectivity index (χ3v) is 6.02. The zero-order valence-electron chi connectivity index (χ0n) is 17.8. The molecule has 1 unspecified atom stereocenters. The van der Waals surface area contributed by atoms with Crippen LogP contribution in [0.25, 0.3) is 0 Å². The van der Waals surface area contributed by atoms with Crippen molar-refractivity contribution in [2.24, 2.45) is 4.99 Å². The van der Waals surface area contributed by atoms with Crippen LogP contribution in [0.2, 0.25) is 0 Å². The number of piperazine rings is 1. The van der Waals surface area contributed by atoms with Crippen molar-refractivity contribution < 1.29 is 4.74 Å². The molecule has 2 saturated heterocycles. The topological polar surface area (TPSA) is 52.1 Å². The Labute approximate surface area is 170 Å². The van der Waals surface area contributed by atoms with E-state index in [1.54, 1.807) is 0 Å². The van der Waals surface area contributed by atoms with Gasteiger partial charge in [0.2, 0.25) is 0 Å². The van der Waals surface area contributed by atoms with Gasteiger partial charge in [0.1, 0.15) is 0 Å².